The van der Waals surface area contributed by atoms with Crippen LogP contribution in [0.25, 0.3) is 0 Å². The van der Waals surface area contributed by atoms with Crippen molar-refractivity contribution in [2.75, 3.05) is 13.1 Å². The molecule has 1 saturated carbocycles. The van der Waals surface area contributed by atoms with Crippen molar-refractivity contribution in [2.24, 2.45) is 0 Å². The molecule has 2 fully saturated rings. The predicted molar refractivity (Wildman–Crippen MR) is 93.8 cm³/mol. The molecule has 1 aromatic carbocycles. The highest BCUT2D eigenvalue weighted by molar-refractivity contribution is 7.89. The monoisotopic (exact) mass is 363 g/mol. The van der Waals surface area contributed by atoms with E-state index in [-0.39, 0.29) is 0 Å². The van der Waals surface area contributed by atoms with Gasteiger partial charge in [-0.25, -0.2) is 8.42 Å². The van der Waals surface area contributed by atoms with Crippen molar-refractivity contribution in [2.45, 2.75) is 49.3 Å². The summed E-state index contributed by atoms with van der Waals surface area (Å²) in [6.45, 7) is 3.07. The Kier molecular flexibility index (Phi) is 4.18. The minimum Gasteiger partial charge on any atom is -0.207 e. The molecule has 0 unspecified atom stereocenters. The molecule has 1 aliphatic heterocycles. The van der Waals surface area contributed by atoms with Crippen LogP contribution < -0.4 is 0 Å². The number of sulfonamides is 1. The Hall–Kier alpha value is -1.31. The summed E-state index contributed by atoms with van der Waals surface area (Å²) in [7, 11) is -3.38. The van der Waals surface area contributed by atoms with Crippen LogP contribution in [0, 0.1) is 6.92 Å². The lowest BCUT2D eigenvalue weighted by atomic mass is 9.99. The predicted octanol–water partition coefficient (Wildman–Crippen LogP) is 3.29. The number of piperidine rings is 1. The summed E-state index contributed by atoms with van der Waals surface area (Å²) in [6, 6.07) is 7.09. The molecule has 4 rings (SSSR count). The third-order valence-corrected chi connectivity index (χ3v) is 8.01. The number of nitrogens with zero attached hydrogens (tertiary/aromatic N) is 3. The maximum atomic E-state index is 12.7. The average Bonchev–Trinajstić information content (AvgIpc) is 3.32. The van der Waals surface area contributed by atoms with Gasteiger partial charge < -0.3 is 0 Å². The zero-order valence-electron chi connectivity index (χ0n) is 13.7. The van der Waals surface area contributed by atoms with E-state index >= 15 is 0 Å². The topological polar surface area (TPSA) is 63.2 Å². The SMILES string of the molecule is Cc1ccc(S(=O)(=O)N2CCC(c3nnc(C4CC4)s3)CC2)cc1. The molecule has 1 aliphatic carbocycles. The van der Waals surface area contributed by atoms with E-state index in [2.05, 4.69) is 10.2 Å². The third-order valence-electron chi connectivity index (χ3n) is 4.84. The van der Waals surface area contributed by atoms with Gasteiger partial charge in [0, 0.05) is 24.9 Å². The molecule has 2 aliphatic rings. The molecule has 7 heteroatoms. The summed E-state index contributed by atoms with van der Waals surface area (Å²) in [4.78, 5) is 0.387. The minimum atomic E-state index is -3.38. The molecular formula is C17H21N3O2S2. The van der Waals surface area contributed by atoms with Crippen molar-refractivity contribution in [3.05, 3.63) is 39.8 Å². The van der Waals surface area contributed by atoms with Crippen molar-refractivity contribution in [1.82, 2.24) is 14.5 Å². The normalized spacial score (nSPS) is 20.4. The van der Waals surface area contributed by atoms with E-state index in [1.807, 2.05) is 19.1 Å². The highest BCUT2D eigenvalue weighted by atomic mass is 32.2. The molecule has 1 aromatic heterocycles. The highest BCUT2D eigenvalue weighted by Gasteiger charge is 2.33. The third kappa shape index (κ3) is 3.12. The molecule has 24 heavy (non-hydrogen) atoms. The smallest absolute Gasteiger partial charge is 0.207 e. The number of aryl methyl sites for hydroxylation is 1. The van der Waals surface area contributed by atoms with E-state index in [9.17, 15) is 8.42 Å². The Balaban J connectivity index is 1.44. The van der Waals surface area contributed by atoms with Gasteiger partial charge in [0.05, 0.1) is 4.90 Å². The van der Waals surface area contributed by atoms with Gasteiger partial charge in [0.15, 0.2) is 0 Å². The van der Waals surface area contributed by atoms with Crippen LogP contribution in [0.2, 0.25) is 0 Å². The number of hydrogen-bond acceptors (Lipinski definition) is 5. The van der Waals surface area contributed by atoms with Gasteiger partial charge in [-0.05, 0) is 44.7 Å². The molecule has 0 spiro atoms. The fraction of sp³-hybridized carbons (Fsp3) is 0.529. The van der Waals surface area contributed by atoms with Gasteiger partial charge >= 0.3 is 0 Å². The number of rotatable bonds is 4. The van der Waals surface area contributed by atoms with Gasteiger partial charge in [0.2, 0.25) is 10.0 Å². The van der Waals surface area contributed by atoms with Crippen LogP contribution in [-0.2, 0) is 10.0 Å². The van der Waals surface area contributed by atoms with Crippen molar-refractivity contribution in [1.29, 1.82) is 0 Å². The summed E-state index contributed by atoms with van der Waals surface area (Å²) >= 11 is 1.73. The van der Waals surface area contributed by atoms with Gasteiger partial charge in [-0.2, -0.15) is 4.31 Å². The molecule has 0 amide bonds. The first-order valence-corrected chi connectivity index (χ1v) is 10.7. The second kappa shape index (κ2) is 6.20. The lowest BCUT2D eigenvalue weighted by Gasteiger charge is -2.30. The van der Waals surface area contributed by atoms with Gasteiger partial charge in [-0.3, -0.25) is 0 Å². The van der Waals surface area contributed by atoms with E-state index in [4.69, 9.17) is 0 Å². The molecular weight excluding hydrogens is 342 g/mol. The molecule has 128 valence electrons. The van der Waals surface area contributed by atoms with Crippen LogP contribution in [0.3, 0.4) is 0 Å². The van der Waals surface area contributed by atoms with Gasteiger partial charge in [-0.1, -0.05) is 17.7 Å². The minimum absolute atomic E-state index is 0.347. The van der Waals surface area contributed by atoms with E-state index in [0.717, 1.165) is 23.4 Å². The van der Waals surface area contributed by atoms with Crippen LogP contribution in [0.5, 0.6) is 0 Å². The Labute approximate surface area is 146 Å². The highest BCUT2D eigenvalue weighted by Crippen LogP contribution is 2.43. The maximum Gasteiger partial charge on any atom is 0.243 e. The average molecular weight is 364 g/mol. The van der Waals surface area contributed by atoms with Gasteiger partial charge in [0.25, 0.3) is 0 Å². The summed E-state index contributed by atoms with van der Waals surface area (Å²) in [6.07, 6.45) is 4.12. The van der Waals surface area contributed by atoms with E-state index < -0.39 is 10.0 Å². The van der Waals surface area contributed by atoms with Crippen molar-refractivity contribution in [3.8, 4) is 0 Å². The molecule has 0 N–H and O–H groups in total. The van der Waals surface area contributed by atoms with Crippen molar-refractivity contribution < 1.29 is 8.42 Å². The Morgan fingerprint density at radius 1 is 0.958 bits per heavy atom. The summed E-state index contributed by atoms with van der Waals surface area (Å²) in [5.41, 5.74) is 1.07. The molecule has 0 radical (unpaired) electrons. The van der Waals surface area contributed by atoms with Crippen LogP contribution in [0.15, 0.2) is 29.2 Å². The quantitative estimate of drug-likeness (QED) is 0.836. The summed E-state index contributed by atoms with van der Waals surface area (Å²) in [5, 5.41) is 10.9. The van der Waals surface area contributed by atoms with Crippen LogP contribution >= 0.6 is 11.3 Å². The van der Waals surface area contributed by atoms with Crippen LogP contribution in [0.4, 0.5) is 0 Å². The number of benzene rings is 1. The largest absolute Gasteiger partial charge is 0.243 e. The zero-order chi connectivity index (χ0) is 16.7. The fourth-order valence-electron chi connectivity index (χ4n) is 3.11. The maximum absolute atomic E-state index is 12.7. The summed E-state index contributed by atoms with van der Waals surface area (Å²) in [5.74, 6) is 0.984. The molecule has 5 nitrogen and oxygen atoms in total. The van der Waals surface area contributed by atoms with E-state index in [1.54, 1.807) is 27.8 Å². The molecule has 2 aromatic rings. The van der Waals surface area contributed by atoms with Gasteiger partial charge in [0.1, 0.15) is 10.0 Å². The molecule has 0 atom stereocenters. The van der Waals surface area contributed by atoms with Crippen LogP contribution in [0.1, 0.15) is 53.1 Å². The van der Waals surface area contributed by atoms with E-state index in [1.165, 1.54) is 17.8 Å². The van der Waals surface area contributed by atoms with Gasteiger partial charge in [-0.15, -0.1) is 21.5 Å². The van der Waals surface area contributed by atoms with Crippen molar-refractivity contribution in [3.63, 3.8) is 0 Å². The Morgan fingerprint density at radius 2 is 1.50 bits per heavy atom. The fourth-order valence-corrected chi connectivity index (χ4v) is 5.76. The van der Waals surface area contributed by atoms with Crippen LogP contribution in [-0.4, -0.2) is 36.0 Å². The first kappa shape index (κ1) is 16.2. The number of hydrogen-bond donors (Lipinski definition) is 0. The first-order chi connectivity index (χ1) is 11.5. The molecule has 1 saturated heterocycles. The lowest BCUT2D eigenvalue weighted by molar-refractivity contribution is 0.318. The molecule has 0 bridgehead atoms. The second-order valence-corrected chi connectivity index (χ2v) is 9.72. The van der Waals surface area contributed by atoms with E-state index in [0.29, 0.717) is 29.8 Å². The lowest BCUT2D eigenvalue weighted by Crippen LogP contribution is -2.37. The first-order valence-electron chi connectivity index (χ1n) is 8.44. The Bertz CT molecular complexity index is 818. The Morgan fingerprint density at radius 3 is 2.04 bits per heavy atom. The summed E-state index contributed by atoms with van der Waals surface area (Å²) < 4.78 is 27.1. The van der Waals surface area contributed by atoms with Crippen molar-refractivity contribution >= 4 is 21.4 Å². The standard InChI is InChI=1S/C17H21N3O2S2/c1-12-2-6-15(7-3-12)24(21,22)20-10-8-14(9-11-20)17-19-18-16(23-17)13-4-5-13/h2-3,6-7,13-14H,4-5,8-11H2,1H3. The molecule has 2 heterocycles. The number of aromatic nitrogens is 2. The second-order valence-electron chi connectivity index (χ2n) is 6.74. The zero-order valence-corrected chi connectivity index (χ0v) is 15.3.